The highest BCUT2D eigenvalue weighted by Gasteiger charge is 2.47. The van der Waals surface area contributed by atoms with Crippen LogP contribution in [0.1, 0.15) is 41.0 Å². The molecule has 2 saturated heterocycles. The van der Waals surface area contributed by atoms with Crippen LogP contribution in [0.15, 0.2) is 18.7 Å². The number of ether oxygens (including phenoxy) is 2. The smallest absolute Gasteiger partial charge is 0.255 e. The molecule has 5 heteroatoms. The lowest BCUT2D eigenvalue weighted by Crippen LogP contribution is -2.58. The normalized spacial score (nSPS) is 26.9. The van der Waals surface area contributed by atoms with E-state index in [1.807, 2.05) is 24.8 Å². The zero-order valence-electron chi connectivity index (χ0n) is 14.8. The number of likely N-dealkylation sites (tertiary alicyclic amines) is 1. The highest BCUT2D eigenvalue weighted by Crippen LogP contribution is 2.41. The first-order valence-corrected chi connectivity index (χ1v) is 8.81. The van der Waals surface area contributed by atoms with E-state index in [9.17, 15) is 4.79 Å². The lowest BCUT2D eigenvalue weighted by molar-refractivity contribution is -0.144. The van der Waals surface area contributed by atoms with Crippen LogP contribution in [0.25, 0.3) is 0 Å². The summed E-state index contributed by atoms with van der Waals surface area (Å²) in [5.41, 5.74) is 2.66. The largest absolute Gasteiger partial charge is 0.377 e. The fraction of sp³-hybridized carbons (Fsp3) is 0.632. The highest BCUT2D eigenvalue weighted by atomic mass is 16.5. The maximum Gasteiger partial charge on any atom is 0.255 e. The Morgan fingerprint density at radius 3 is 3.12 bits per heavy atom. The number of H-pyrrole nitrogens is 1. The zero-order valence-corrected chi connectivity index (χ0v) is 14.8. The monoisotopic (exact) mass is 332 g/mol. The number of carbonyl (C=O) groups excluding carboxylic acids is 1. The number of hydrogen-bond donors (Lipinski definition) is 1. The molecule has 24 heavy (non-hydrogen) atoms. The number of amides is 1. The number of carbonyl (C=O) groups is 1. The van der Waals surface area contributed by atoms with Crippen LogP contribution in [-0.4, -0.2) is 54.8 Å². The number of nitrogens with one attached hydrogen (secondary N) is 1. The van der Waals surface area contributed by atoms with Gasteiger partial charge in [-0.15, -0.1) is 6.58 Å². The van der Waals surface area contributed by atoms with Gasteiger partial charge in [-0.2, -0.15) is 0 Å². The SMILES string of the molecule is C=CCOC[C@]12CCCO[C@@H]1CCN(C(=O)c1cc(C)[nH]c1C)C2. The van der Waals surface area contributed by atoms with Gasteiger partial charge in [-0.25, -0.2) is 0 Å². The van der Waals surface area contributed by atoms with E-state index in [-0.39, 0.29) is 17.4 Å². The van der Waals surface area contributed by atoms with Gasteiger partial charge in [0.05, 0.1) is 24.9 Å². The fourth-order valence-electron chi connectivity index (χ4n) is 4.14. The molecule has 5 nitrogen and oxygen atoms in total. The first-order valence-electron chi connectivity index (χ1n) is 8.81. The fourth-order valence-corrected chi connectivity index (χ4v) is 4.14. The lowest BCUT2D eigenvalue weighted by Gasteiger charge is -2.50. The van der Waals surface area contributed by atoms with Crippen molar-refractivity contribution in [1.29, 1.82) is 0 Å². The summed E-state index contributed by atoms with van der Waals surface area (Å²) in [6, 6.07) is 1.95. The molecule has 0 spiro atoms. The molecule has 132 valence electrons. The second kappa shape index (κ2) is 7.11. The third-order valence-corrected chi connectivity index (χ3v) is 5.28. The van der Waals surface area contributed by atoms with E-state index in [1.165, 1.54) is 0 Å². The van der Waals surface area contributed by atoms with E-state index in [0.717, 1.165) is 49.4 Å². The van der Waals surface area contributed by atoms with Gasteiger partial charge in [0.1, 0.15) is 0 Å². The van der Waals surface area contributed by atoms with Crippen LogP contribution in [-0.2, 0) is 9.47 Å². The second-order valence-electron chi connectivity index (χ2n) is 7.14. The Labute approximate surface area is 144 Å². The quantitative estimate of drug-likeness (QED) is 0.666. The molecule has 1 amide bonds. The third-order valence-electron chi connectivity index (χ3n) is 5.28. The number of rotatable bonds is 5. The first-order chi connectivity index (χ1) is 11.6. The van der Waals surface area contributed by atoms with E-state index in [2.05, 4.69) is 11.6 Å². The van der Waals surface area contributed by atoms with Crippen molar-refractivity contribution in [2.75, 3.05) is 32.9 Å². The number of fused-ring (bicyclic) bond motifs is 1. The maximum absolute atomic E-state index is 13.0. The van der Waals surface area contributed by atoms with Gasteiger partial charge in [-0.05, 0) is 39.2 Å². The summed E-state index contributed by atoms with van der Waals surface area (Å²) in [6.45, 7) is 11.1. The number of aromatic nitrogens is 1. The molecule has 3 heterocycles. The van der Waals surface area contributed by atoms with Crippen LogP contribution in [0.4, 0.5) is 0 Å². The number of aromatic amines is 1. The second-order valence-corrected chi connectivity index (χ2v) is 7.14. The molecule has 1 N–H and O–H groups in total. The molecule has 2 atom stereocenters. The average molecular weight is 332 g/mol. The van der Waals surface area contributed by atoms with E-state index < -0.39 is 0 Å². The molecule has 2 aliphatic heterocycles. The predicted octanol–water partition coefficient (Wildman–Crippen LogP) is 2.85. The standard InChI is InChI=1S/C19H28N2O3/c1-4-9-23-13-19-7-5-10-24-17(19)6-8-21(12-19)18(22)16-11-14(2)20-15(16)3/h4,11,17,20H,1,5-10,12-13H2,2-3H3/t17-,19-/m1/s1. The summed E-state index contributed by atoms with van der Waals surface area (Å²) >= 11 is 0. The zero-order chi connectivity index (χ0) is 17.2. The van der Waals surface area contributed by atoms with Crippen molar-refractivity contribution in [1.82, 2.24) is 9.88 Å². The van der Waals surface area contributed by atoms with Gasteiger partial charge >= 0.3 is 0 Å². The predicted molar refractivity (Wildman–Crippen MR) is 93.2 cm³/mol. The van der Waals surface area contributed by atoms with Gasteiger partial charge in [-0.3, -0.25) is 4.79 Å². The topological polar surface area (TPSA) is 54.6 Å². The van der Waals surface area contributed by atoms with E-state index >= 15 is 0 Å². The molecule has 0 aliphatic carbocycles. The minimum Gasteiger partial charge on any atom is -0.377 e. The van der Waals surface area contributed by atoms with Crippen LogP contribution in [0, 0.1) is 19.3 Å². The average Bonchev–Trinajstić information content (AvgIpc) is 2.92. The van der Waals surface area contributed by atoms with Crippen molar-refractivity contribution in [2.45, 2.75) is 39.2 Å². The maximum atomic E-state index is 13.0. The number of nitrogens with zero attached hydrogens (tertiary/aromatic N) is 1. The van der Waals surface area contributed by atoms with Gasteiger partial charge in [0.2, 0.25) is 0 Å². The minimum absolute atomic E-state index is 0.0889. The Kier molecular flexibility index (Phi) is 5.11. The molecule has 0 aromatic carbocycles. The number of aryl methyl sites for hydroxylation is 2. The molecule has 0 bridgehead atoms. The summed E-state index contributed by atoms with van der Waals surface area (Å²) in [6.07, 6.45) is 4.91. The van der Waals surface area contributed by atoms with Crippen LogP contribution < -0.4 is 0 Å². The van der Waals surface area contributed by atoms with Crippen LogP contribution in [0.3, 0.4) is 0 Å². The highest BCUT2D eigenvalue weighted by molar-refractivity contribution is 5.95. The molecule has 2 fully saturated rings. The summed E-state index contributed by atoms with van der Waals surface area (Å²) in [5.74, 6) is 0.115. The molecule has 3 rings (SSSR count). The van der Waals surface area contributed by atoms with Gasteiger partial charge in [-0.1, -0.05) is 6.08 Å². The van der Waals surface area contributed by atoms with Crippen LogP contribution in [0.2, 0.25) is 0 Å². The van der Waals surface area contributed by atoms with Crippen molar-refractivity contribution in [3.05, 3.63) is 35.7 Å². The van der Waals surface area contributed by atoms with Gasteiger partial charge in [0.15, 0.2) is 0 Å². The van der Waals surface area contributed by atoms with Crippen molar-refractivity contribution in [3.8, 4) is 0 Å². The van der Waals surface area contributed by atoms with Crippen molar-refractivity contribution in [3.63, 3.8) is 0 Å². The Balaban J connectivity index is 1.77. The van der Waals surface area contributed by atoms with Crippen molar-refractivity contribution in [2.24, 2.45) is 5.41 Å². The molecular weight excluding hydrogens is 304 g/mol. The van der Waals surface area contributed by atoms with E-state index in [4.69, 9.17) is 9.47 Å². The van der Waals surface area contributed by atoms with Gasteiger partial charge in [0, 0.05) is 36.5 Å². The number of piperidine rings is 1. The summed E-state index contributed by atoms with van der Waals surface area (Å²) in [4.78, 5) is 18.2. The molecule has 0 saturated carbocycles. The Morgan fingerprint density at radius 1 is 1.58 bits per heavy atom. The lowest BCUT2D eigenvalue weighted by atomic mass is 9.73. The molecule has 1 aromatic heterocycles. The Morgan fingerprint density at radius 2 is 2.42 bits per heavy atom. The third kappa shape index (κ3) is 3.28. The van der Waals surface area contributed by atoms with Crippen LogP contribution >= 0.6 is 0 Å². The van der Waals surface area contributed by atoms with E-state index in [1.54, 1.807) is 6.08 Å². The van der Waals surface area contributed by atoms with Gasteiger partial charge < -0.3 is 19.4 Å². The summed E-state index contributed by atoms with van der Waals surface area (Å²) in [7, 11) is 0. The van der Waals surface area contributed by atoms with Crippen molar-refractivity contribution >= 4 is 5.91 Å². The van der Waals surface area contributed by atoms with Crippen molar-refractivity contribution < 1.29 is 14.3 Å². The van der Waals surface area contributed by atoms with E-state index in [0.29, 0.717) is 19.8 Å². The number of hydrogen-bond acceptors (Lipinski definition) is 3. The molecule has 0 unspecified atom stereocenters. The molecular formula is C19H28N2O3. The Bertz CT molecular complexity index is 610. The molecule has 0 radical (unpaired) electrons. The minimum atomic E-state index is -0.0889. The summed E-state index contributed by atoms with van der Waals surface area (Å²) in [5, 5.41) is 0. The summed E-state index contributed by atoms with van der Waals surface area (Å²) < 4.78 is 11.8. The Hall–Kier alpha value is -1.59. The molecule has 1 aromatic rings. The first kappa shape index (κ1) is 17.2. The molecule has 2 aliphatic rings. The van der Waals surface area contributed by atoms with Crippen LogP contribution in [0.5, 0.6) is 0 Å². The van der Waals surface area contributed by atoms with Gasteiger partial charge in [0.25, 0.3) is 5.91 Å².